The molecule has 0 aromatic heterocycles. The van der Waals surface area contributed by atoms with Crippen molar-refractivity contribution in [1.82, 2.24) is 9.80 Å². The normalized spacial score (nSPS) is 10.5. The van der Waals surface area contributed by atoms with Gasteiger partial charge in [-0.2, -0.15) is 0 Å². The Kier molecular flexibility index (Phi) is 9.49. The molecule has 0 unspecified atom stereocenters. The van der Waals surface area contributed by atoms with Crippen molar-refractivity contribution in [2.75, 3.05) is 26.2 Å². The van der Waals surface area contributed by atoms with E-state index >= 15 is 0 Å². The average Bonchev–Trinajstić information content (AvgIpc) is 2.39. The predicted octanol–water partition coefficient (Wildman–Crippen LogP) is 2.23. The molecule has 0 aliphatic heterocycles. The number of carbonyl (C=O) groups excluding carboxylic acids is 2. The lowest BCUT2D eigenvalue weighted by atomic mass is 10.3. The molecule has 0 saturated heterocycles. The topological polar surface area (TPSA) is 40.6 Å². The highest BCUT2D eigenvalue weighted by Crippen LogP contribution is 1.96. The monoisotopic (exact) mass is 266 g/mol. The Labute approximate surface area is 116 Å². The molecule has 0 aromatic carbocycles. The SMILES string of the molecule is C=CC(=O)N(C/C=C/CN(CCC)C(C)=O)CCC. The van der Waals surface area contributed by atoms with Crippen LogP contribution in [0.15, 0.2) is 24.8 Å². The van der Waals surface area contributed by atoms with Crippen molar-refractivity contribution in [3.8, 4) is 0 Å². The van der Waals surface area contributed by atoms with E-state index in [1.807, 2.05) is 26.0 Å². The molecule has 19 heavy (non-hydrogen) atoms. The maximum Gasteiger partial charge on any atom is 0.246 e. The molecule has 2 amide bonds. The molecule has 0 radical (unpaired) electrons. The second kappa shape index (κ2) is 10.4. The molecule has 0 rings (SSSR count). The van der Waals surface area contributed by atoms with Crippen molar-refractivity contribution in [3.05, 3.63) is 24.8 Å². The third kappa shape index (κ3) is 7.44. The van der Waals surface area contributed by atoms with Crippen molar-refractivity contribution in [1.29, 1.82) is 0 Å². The van der Waals surface area contributed by atoms with E-state index in [1.165, 1.54) is 6.08 Å². The van der Waals surface area contributed by atoms with E-state index in [-0.39, 0.29) is 11.8 Å². The van der Waals surface area contributed by atoms with Gasteiger partial charge in [-0.15, -0.1) is 0 Å². The lowest BCUT2D eigenvalue weighted by Gasteiger charge is -2.20. The van der Waals surface area contributed by atoms with Crippen LogP contribution in [-0.4, -0.2) is 47.8 Å². The largest absolute Gasteiger partial charge is 0.339 e. The summed E-state index contributed by atoms with van der Waals surface area (Å²) in [4.78, 5) is 26.4. The molecule has 0 aliphatic carbocycles. The van der Waals surface area contributed by atoms with Crippen LogP contribution in [0.5, 0.6) is 0 Å². The van der Waals surface area contributed by atoms with Gasteiger partial charge in [0, 0.05) is 33.1 Å². The predicted molar refractivity (Wildman–Crippen MR) is 78.8 cm³/mol. The lowest BCUT2D eigenvalue weighted by Crippen LogP contribution is -2.31. The van der Waals surface area contributed by atoms with Crippen molar-refractivity contribution in [3.63, 3.8) is 0 Å². The molecule has 0 heterocycles. The van der Waals surface area contributed by atoms with Gasteiger partial charge in [-0.1, -0.05) is 32.6 Å². The van der Waals surface area contributed by atoms with Gasteiger partial charge in [0.05, 0.1) is 0 Å². The van der Waals surface area contributed by atoms with E-state index in [0.29, 0.717) is 13.1 Å². The molecule has 4 heteroatoms. The highest BCUT2D eigenvalue weighted by Gasteiger charge is 2.07. The Balaban J connectivity index is 4.26. The van der Waals surface area contributed by atoms with Crippen LogP contribution in [0.4, 0.5) is 0 Å². The van der Waals surface area contributed by atoms with E-state index in [2.05, 4.69) is 6.58 Å². The van der Waals surface area contributed by atoms with Gasteiger partial charge in [0.25, 0.3) is 0 Å². The highest BCUT2D eigenvalue weighted by atomic mass is 16.2. The van der Waals surface area contributed by atoms with Crippen LogP contribution in [0.2, 0.25) is 0 Å². The number of amides is 2. The number of carbonyl (C=O) groups is 2. The van der Waals surface area contributed by atoms with Gasteiger partial charge in [-0.3, -0.25) is 9.59 Å². The molecule has 0 saturated carbocycles. The Morgan fingerprint density at radius 1 is 1.00 bits per heavy atom. The molecule has 0 aromatic rings. The summed E-state index contributed by atoms with van der Waals surface area (Å²) in [5.41, 5.74) is 0. The van der Waals surface area contributed by atoms with Crippen LogP contribution in [0.3, 0.4) is 0 Å². The van der Waals surface area contributed by atoms with Gasteiger partial charge in [0.15, 0.2) is 0 Å². The zero-order valence-corrected chi connectivity index (χ0v) is 12.4. The average molecular weight is 266 g/mol. The van der Waals surface area contributed by atoms with Crippen LogP contribution in [0.1, 0.15) is 33.6 Å². The fraction of sp³-hybridized carbons (Fsp3) is 0.600. The molecule has 0 N–H and O–H groups in total. The summed E-state index contributed by atoms with van der Waals surface area (Å²) in [5.74, 6) is 0.0302. The van der Waals surface area contributed by atoms with E-state index < -0.39 is 0 Å². The number of rotatable bonds is 9. The van der Waals surface area contributed by atoms with Gasteiger partial charge >= 0.3 is 0 Å². The first-order valence-electron chi connectivity index (χ1n) is 6.88. The fourth-order valence-electron chi connectivity index (χ4n) is 1.74. The van der Waals surface area contributed by atoms with Crippen LogP contribution in [0.25, 0.3) is 0 Å². The second-order valence-electron chi connectivity index (χ2n) is 4.42. The minimum absolute atomic E-state index is 0.0523. The first kappa shape index (κ1) is 17.4. The molecule has 108 valence electrons. The van der Waals surface area contributed by atoms with Crippen LogP contribution in [-0.2, 0) is 9.59 Å². The number of nitrogens with zero attached hydrogens (tertiary/aromatic N) is 2. The molecule has 0 fully saturated rings. The summed E-state index contributed by atoms with van der Waals surface area (Å²) in [6.07, 6.45) is 7.08. The molecule has 4 nitrogen and oxygen atoms in total. The second-order valence-corrected chi connectivity index (χ2v) is 4.42. The fourth-order valence-corrected chi connectivity index (χ4v) is 1.74. The summed E-state index contributed by atoms with van der Waals surface area (Å²) >= 11 is 0. The maximum absolute atomic E-state index is 11.6. The van der Waals surface area contributed by atoms with Gasteiger partial charge in [0.2, 0.25) is 11.8 Å². The smallest absolute Gasteiger partial charge is 0.246 e. The third-order valence-corrected chi connectivity index (χ3v) is 2.74. The van der Waals surface area contributed by atoms with Gasteiger partial charge in [-0.25, -0.2) is 0 Å². The summed E-state index contributed by atoms with van der Waals surface area (Å²) < 4.78 is 0. The molecular formula is C15H26N2O2. The third-order valence-electron chi connectivity index (χ3n) is 2.74. The van der Waals surface area contributed by atoms with E-state index in [1.54, 1.807) is 16.7 Å². The number of hydrogen-bond acceptors (Lipinski definition) is 2. The van der Waals surface area contributed by atoms with Crippen molar-refractivity contribution < 1.29 is 9.59 Å². The van der Waals surface area contributed by atoms with Crippen molar-refractivity contribution >= 4 is 11.8 Å². The summed E-state index contributed by atoms with van der Waals surface area (Å²) in [5, 5.41) is 0. The minimum atomic E-state index is -0.0523. The van der Waals surface area contributed by atoms with Crippen molar-refractivity contribution in [2.45, 2.75) is 33.6 Å². The number of hydrogen-bond donors (Lipinski definition) is 0. The molecule has 0 atom stereocenters. The summed E-state index contributed by atoms with van der Waals surface area (Å²) in [6, 6.07) is 0. The standard InChI is InChI=1S/C15H26N2O2/c1-5-10-16(14(4)18)12-8-9-13-17(11-6-2)15(19)7-3/h7-9H,3,5-6,10-13H2,1-2,4H3/b9-8+. The van der Waals surface area contributed by atoms with Crippen molar-refractivity contribution in [2.24, 2.45) is 0 Å². The lowest BCUT2D eigenvalue weighted by molar-refractivity contribution is -0.128. The van der Waals surface area contributed by atoms with Crippen LogP contribution in [0, 0.1) is 0 Å². The molecular weight excluding hydrogens is 240 g/mol. The Bertz CT molecular complexity index is 324. The van der Waals surface area contributed by atoms with E-state index in [4.69, 9.17) is 0 Å². The summed E-state index contributed by atoms with van der Waals surface area (Å²) in [6.45, 7) is 11.8. The minimum Gasteiger partial charge on any atom is -0.339 e. The van der Waals surface area contributed by atoms with E-state index in [9.17, 15) is 9.59 Å². The summed E-state index contributed by atoms with van der Waals surface area (Å²) in [7, 11) is 0. The zero-order valence-electron chi connectivity index (χ0n) is 12.4. The Morgan fingerprint density at radius 2 is 1.47 bits per heavy atom. The van der Waals surface area contributed by atoms with Gasteiger partial charge < -0.3 is 9.80 Å². The molecule has 0 bridgehead atoms. The maximum atomic E-state index is 11.6. The van der Waals surface area contributed by atoms with Gasteiger partial charge in [-0.05, 0) is 18.9 Å². The van der Waals surface area contributed by atoms with Crippen LogP contribution >= 0.6 is 0 Å². The Morgan fingerprint density at radius 3 is 1.89 bits per heavy atom. The van der Waals surface area contributed by atoms with Crippen LogP contribution < -0.4 is 0 Å². The molecule has 0 spiro atoms. The zero-order chi connectivity index (χ0) is 14.7. The Hall–Kier alpha value is -1.58. The first-order chi connectivity index (χ1) is 9.06. The highest BCUT2D eigenvalue weighted by molar-refractivity contribution is 5.87. The first-order valence-corrected chi connectivity index (χ1v) is 6.88. The van der Waals surface area contributed by atoms with E-state index in [0.717, 1.165) is 25.9 Å². The molecule has 0 aliphatic rings. The quantitative estimate of drug-likeness (QED) is 0.474. The van der Waals surface area contributed by atoms with Gasteiger partial charge in [0.1, 0.15) is 0 Å².